The number of halogens is 1. The first-order valence-corrected chi connectivity index (χ1v) is 4.00. The average Bonchev–Trinajstić information content (AvgIpc) is 1.82. The van der Waals surface area contributed by atoms with Gasteiger partial charge in [0.2, 0.25) is 0 Å². The molecule has 13 heavy (non-hydrogen) atoms. The molecule has 0 aliphatic rings. The molecule has 0 bridgehead atoms. The van der Waals surface area contributed by atoms with Gasteiger partial charge in [-0.05, 0) is 27.8 Å². The highest BCUT2D eigenvalue weighted by Crippen LogP contribution is 2.08. The largest absolute Gasteiger partial charge is 0.460 e. The highest BCUT2D eigenvalue weighted by Gasteiger charge is 2.17. The Bertz CT molecular complexity index is 157. The third-order valence-corrected chi connectivity index (χ3v) is 1.18. The van der Waals surface area contributed by atoms with Crippen molar-refractivity contribution in [2.75, 3.05) is 7.05 Å². The van der Waals surface area contributed by atoms with Crippen LogP contribution in [0.15, 0.2) is 0 Å². The van der Waals surface area contributed by atoms with Crippen LogP contribution in [0.1, 0.15) is 27.2 Å². The highest BCUT2D eigenvalue weighted by atomic mass is 35.5. The Hall–Kier alpha value is -0.320. The van der Waals surface area contributed by atoms with Gasteiger partial charge in [0.15, 0.2) is 0 Å². The quantitative estimate of drug-likeness (QED) is 0.530. The van der Waals surface area contributed by atoms with E-state index in [1.165, 1.54) is 0 Å². The Labute approximate surface area is 85.6 Å². The van der Waals surface area contributed by atoms with Crippen LogP contribution in [0.2, 0.25) is 0 Å². The zero-order chi connectivity index (χ0) is 9.78. The Morgan fingerprint density at radius 3 is 2.31 bits per heavy atom. The summed E-state index contributed by atoms with van der Waals surface area (Å²) in [5, 5.41) is 2.76. The van der Waals surface area contributed by atoms with E-state index in [9.17, 15) is 4.79 Å². The first kappa shape index (κ1) is 15.2. The number of carbonyl (C=O) groups excluding carboxylic acids is 1. The van der Waals surface area contributed by atoms with Gasteiger partial charge in [-0.1, -0.05) is 0 Å². The van der Waals surface area contributed by atoms with E-state index in [4.69, 9.17) is 10.5 Å². The molecule has 1 atom stereocenters. The molecule has 0 aliphatic heterocycles. The van der Waals surface area contributed by atoms with E-state index in [-0.39, 0.29) is 31.0 Å². The lowest BCUT2D eigenvalue weighted by molar-refractivity contribution is -0.155. The zero-order valence-corrected chi connectivity index (χ0v) is 9.40. The monoisotopic (exact) mass is 210 g/mol. The van der Waals surface area contributed by atoms with Gasteiger partial charge in [0.25, 0.3) is 0 Å². The van der Waals surface area contributed by atoms with Crippen molar-refractivity contribution in [2.24, 2.45) is 5.73 Å². The summed E-state index contributed by atoms with van der Waals surface area (Å²) < 4.78 is 5.05. The van der Waals surface area contributed by atoms with Gasteiger partial charge in [0.1, 0.15) is 5.60 Å². The van der Waals surface area contributed by atoms with Gasteiger partial charge in [0, 0.05) is 0 Å². The highest BCUT2D eigenvalue weighted by molar-refractivity contribution is 5.85. The van der Waals surface area contributed by atoms with Crippen LogP contribution in [0.25, 0.3) is 0 Å². The first-order valence-electron chi connectivity index (χ1n) is 4.00. The summed E-state index contributed by atoms with van der Waals surface area (Å²) in [4.78, 5) is 11.1. The number of ether oxygens (including phenoxy) is 1. The molecule has 0 rings (SSSR count). The van der Waals surface area contributed by atoms with E-state index in [1.807, 2.05) is 20.8 Å². The standard InChI is InChI=1S/C8H18N2O2.ClH/c1-8(2,3)12-7(11)5-6(9)10-4;/h6,10H,5,9H2,1-4H3;1H. The predicted octanol–water partition coefficient (Wildman–Crippen LogP) is 0.644. The predicted molar refractivity (Wildman–Crippen MR) is 54.7 cm³/mol. The van der Waals surface area contributed by atoms with Crippen molar-refractivity contribution >= 4 is 18.4 Å². The Morgan fingerprint density at radius 1 is 1.54 bits per heavy atom. The van der Waals surface area contributed by atoms with Gasteiger partial charge in [-0.2, -0.15) is 0 Å². The van der Waals surface area contributed by atoms with Crippen LogP contribution in [0.4, 0.5) is 0 Å². The average molecular weight is 211 g/mol. The molecular weight excluding hydrogens is 192 g/mol. The molecule has 80 valence electrons. The van der Waals surface area contributed by atoms with Gasteiger partial charge in [0.05, 0.1) is 12.6 Å². The number of nitrogens with two attached hydrogens (primary N) is 1. The molecule has 0 aromatic rings. The molecule has 0 aromatic carbocycles. The second kappa shape index (κ2) is 6.18. The summed E-state index contributed by atoms with van der Waals surface area (Å²) in [7, 11) is 1.70. The summed E-state index contributed by atoms with van der Waals surface area (Å²) in [5.41, 5.74) is 5.05. The van der Waals surface area contributed by atoms with Crippen molar-refractivity contribution in [3.8, 4) is 0 Å². The molecule has 1 unspecified atom stereocenters. The third-order valence-electron chi connectivity index (χ3n) is 1.18. The maximum absolute atomic E-state index is 11.1. The number of esters is 1. The van der Waals surface area contributed by atoms with Crippen LogP contribution in [0.3, 0.4) is 0 Å². The Balaban J connectivity index is 0. The summed E-state index contributed by atoms with van der Waals surface area (Å²) in [5.74, 6) is -0.274. The van der Waals surface area contributed by atoms with Gasteiger partial charge in [-0.3, -0.25) is 4.79 Å². The summed E-state index contributed by atoms with van der Waals surface area (Å²) in [6.07, 6.45) is -0.117. The lowest BCUT2D eigenvalue weighted by Gasteiger charge is -2.20. The van der Waals surface area contributed by atoms with Gasteiger partial charge >= 0.3 is 5.97 Å². The van der Waals surface area contributed by atoms with E-state index in [0.29, 0.717) is 0 Å². The second-order valence-corrected chi connectivity index (χ2v) is 3.69. The SMILES string of the molecule is CNC(N)CC(=O)OC(C)(C)C.Cl. The number of hydrogen-bond donors (Lipinski definition) is 2. The summed E-state index contributed by atoms with van der Waals surface area (Å²) in [6, 6.07) is 0. The maximum atomic E-state index is 11.1. The molecule has 0 amide bonds. The molecule has 0 saturated heterocycles. The molecular formula is C8H19ClN2O2. The van der Waals surface area contributed by atoms with Gasteiger partial charge in [-0.25, -0.2) is 0 Å². The third kappa shape index (κ3) is 9.60. The lowest BCUT2D eigenvalue weighted by atomic mass is 10.2. The van der Waals surface area contributed by atoms with Crippen molar-refractivity contribution in [1.82, 2.24) is 5.32 Å². The van der Waals surface area contributed by atoms with Gasteiger partial charge in [-0.15, -0.1) is 12.4 Å². The minimum atomic E-state index is -0.426. The number of nitrogens with one attached hydrogen (secondary N) is 1. The fourth-order valence-electron chi connectivity index (χ4n) is 0.665. The van der Waals surface area contributed by atoms with Crippen LogP contribution in [0.5, 0.6) is 0 Å². The maximum Gasteiger partial charge on any atom is 0.309 e. The molecule has 0 aliphatic carbocycles. The van der Waals surface area contributed by atoms with Crippen molar-refractivity contribution in [3.05, 3.63) is 0 Å². The number of hydrogen-bond acceptors (Lipinski definition) is 4. The van der Waals surface area contributed by atoms with Crippen molar-refractivity contribution in [3.63, 3.8) is 0 Å². The van der Waals surface area contributed by atoms with E-state index in [1.54, 1.807) is 7.05 Å². The van der Waals surface area contributed by atoms with Crippen LogP contribution in [0, 0.1) is 0 Å². The minimum absolute atomic E-state index is 0. The topological polar surface area (TPSA) is 64.3 Å². The Morgan fingerprint density at radius 2 is 2.00 bits per heavy atom. The van der Waals surface area contributed by atoms with Crippen molar-refractivity contribution < 1.29 is 9.53 Å². The van der Waals surface area contributed by atoms with E-state index in [0.717, 1.165) is 0 Å². The van der Waals surface area contributed by atoms with E-state index < -0.39 is 5.60 Å². The van der Waals surface area contributed by atoms with Crippen LogP contribution in [-0.2, 0) is 9.53 Å². The molecule has 4 nitrogen and oxygen atoms in total. The van der Waals surface area contributed by atoms with Crippen molar-refractivity contribution in [1.29, 1.82) is 0 Å². The van der Waals surface area contributed by atoms with Crippen LogP contribution >= 0.6 is 12.4 Å². The molecule has 0 fully saturated rings. The normalized spacial score (nSPS) is 13.0. The van der Waals surface area contributed by atoms with Gasteiger partial charge < -0.3 is 15.8 Å². The lowest BCUT2D eigenvalue weighted by Crippen LogP contribution is -2.38. The fourth-order valence-corrected chi connectivity index (χ4v) is 0.665. The second-order valence-electron chi connectivity index (χ2n) is 3.69. The molecule has 0 spiro atoms. The Kier molecular flexibility index (Phi) is 7.21. The molecule has 5 heteroatoms. The molecule has 3 N–H and O–H groups in total. The minimum Gasteiger partial charge on any atom is -0.460 e. The summed E-state index contributed by atoms with van der Waals surface area (Å²) in [6.45, 7) is 5.49. The molecule has 0 aromatic heterocycles. The van der Waals surface area contributed by atoms with E-state index >= 15 is 0 Å². The number of carbonyl (C=O) groups is 1. The molecule has 0 saturated carbocycles. The summed E-state index contributed by atoms with van der Waals surface area (Å²) >= 11 is 0. The smallest absolute Gasteiger partial charge is 0.309 e. The fraction of sp³-hybridized carbons (Fsp3) is 0.875. The van der Waals surface area contributed by atoms with E-state index in [2.05, 4.69) is 5.32 Å². The van der Waals surface area contributed by atoms with Crippen LogP contribution in [-0.4, -0.2) is 24.8 Å². The molecule has 0 radical (unpaired) electrons. The zero-order valence-electron chi connectivity index (χ0n) is 8.59. The van der Waals surface area contributed by atoms with Crippen LogP contribution < -0.4 is 11.1 Å². The first-order chi connectivity index (χ1) is 5.35. The number of rotatable bonds is 3. The molecule has 0 heterocycles. The van der Waals surface area contributed by atoms with Crippen molar-refractivity contribution in [2.45, 2.75) is 39.0 Å².